The Balaban J connectivity index is 1.85. The molecule has 1 aromatic heterocycles. The minimum absolute atomic E-state index is 0.0696. The minimum atomic E-state index is -3.35. The molecule has 1 saturated heterocycles. The number of carbonyl (C=O) groups is 1. The van der Waals surface area contributed by atoms with Crippen molar-refractivity contribution in [2.24, 2.45) is 5.92 Å². The molecule has 0 saturated carbocycles. The predicted octanol–water partition coefficient (Wildman–Crippen LogP) is 1.68. The monoisotopic (exact) mass is 347 g/mol. The van der Waals surface area contributed by atoms with Gasteiger partial charge in [0.25, 0.3) is 0 Å². The topological polar surface area (TPSA) is 104 Å². The molecule has 0 spiro atoms. The number of piperidine rings is 1. The van der Waals surface area contributed by atoms with Gasteiger partial charge < -0.3 is 4.42 Å². The maximum Gasteiger partial charge on any atom is 0.220 e. The van der Waals surface area contributed by atoms with Crippen molar-refractivity contribution in [3.63, 3.8) is 0 Å². The number of sulfonamides is 1. The van der Waals surface area contributed by atoms with E-state index in [2.05, 4.69) is 4.98 Å². The van der Waals surface area contributed by atoms with Gasteiger partial charge in [0.05, 0.1) is 12.3 Å². The number of fused-ring (bicyclic) bond motifs is 1. The third-order valence-electron chi connectivity index (χ3n) is 4.23. The summed E-state index contributed by atoms with van der Waals surface area (Å²) < 4.78 is 30.2. The first-order valence-corrected chi connectivity index (χ1v) is 9.49. The molecule has 0 N–H and O–H groups in total. The molecular weight excluding hydrogens is 330 g/mol. The Labute approximate surface area is 139 Å². The molecule has 8 heteroatoms. The van der Waals surface area contributed by atoms with Gasteiger partial charge in [-0.3, -0.25) is 4.79 Å². The lowest BCUT2D eigenvalue weighted by atomic mass is 9.88. The highest BCUT2D eigenvalue weighted by atomic mass is 32.2. The fourth-order valence-corrected chi connectivity index (χ4v) is 3.88. The fourth-order valence-electron chi connectivity index (χ4n) is 2.97. The van der Waals surface area contributed by atoms with Gasteiger partial charge in [0.2, 0.25) is 15.9 Å². The molecule has 7 nitrogen and oxygen atoms in total. The molecule has 0 amide bonds. The van der Waals surface area contributed by atoms with Crippen molar-refractivity contribution in [3.05, 3.63) is 30.2 Å². The summed E-state index contributed by atoms with van der Waals surface area (Å²) in [5, 5.41) is 9.43. The van der Waals surface area contributed by atoms with Crippen LogP contribution in [-0.4, -0.2) is 42.8 Å². The first-order valence-electron chi connectivity index (χ1n) is 7.64. The maximum atomic E-state index is 12.7. The molecule has 0 aliphatic carbocycles. The number of nitriles is 1. The van der Waals surface area contributed by atoms with Crippen LogP contribution in [0.4, 0.5) is 0 Å². The zero-order chi connectivity index (χ0) is 17.3. The van der Waals surface area contributed by atoms with Crippen LogP contribution >= 0.6 is 0 Å². The van der Waals surface area contributed by atoms with Gasteiger partial charge >= 0.3 is 0 Å². The first kappa shape index (κ1) is 16.6. The summed E-state index contributed by atoms with van der Waals surface area (Å²) >= 11 is 0. The van der Waals surface area contributed by atoms with Gasteiger partial charge in [-0.2, -0.15) is 5.26 Å². The number of oxazole rings is 1. The molecule has 2 atom stereocenters. The molecule has 0 bridgehead atoms. The largest absolute Gasteiger partial charge is 0.439 e. The van der Waals surface area contributed by atoms with E-state index in [-0.39, 0.29) is 18.2 Å². The van der Waals surface area contributed by atoms with Gasteiger partial charge in [-0.05, 0) is 25.0 Å². The highest BCUT2D eigenvalue weighted by molar-refractivity contribution is 7.88. The molecule has 1 aliphatic heterocycles. The van der Waals surface area contributed by atoms with Gasteiger partial charge in [0.15, 0.2) is 17.3 Å². The Kier molecular flexibility index (Phi) is 4.39. The van der Waals surface area contributed by atoms with Gasteiger partial charge in [-0.1, -0.05) is 12.1 Å². The maximum absolute atomic E-state index is 12.7. The van der Waals surface area contributed by atoms with Crippen molar-refractivity contribution >= 4 is 26.9 Å². The molecule has 2 aromatic rings. The predicted molar refractivity (Wildman–Crippen MR) is 86.5 cm³/mol. The van der Waals surface area contributed by atoms with Gasteiger partial charge in [-0.25, -0.2) is 17.7 Å². The van der Waals surface area contributed by atoms with Crippen LogP contribution in [0.15, 0.2) is 28.7 Å². The number of Topliss-reactive ketones (excluding diaryl/α,β-unsaturated/α-hetero) is 1. The van der Waals surface area contributed by atoms with E-state index >= 15 is 0 Å². The Bertz CT molecular complexity index is 880. The molecule has 3 rings (SSSR count). The number of carbonyl (C=O) groups excluding carboxylic acids is 1. The number of hydrogen-bond donors (Lipinski definition) is 0. The average Bonchev–Trinajstić information content (AvgIpc) is 2.98. The Morgan fingerprint density at radius 3 is 2.88 bits per heavy atom. The minimum Gasteiger partial charge on any atom is -0.439 e. The van der Waals surface area contributed by atoms with E-state index in [1.807, 2.05) is 6.07 Å². The SMILES string of the molecule is CS(=O)(=O)N1CCC[C@H](C(=O)[C@@H](C#N)c2nc3ccccc3o2)C1. The van der Waals surface area contributed by atoms with Gasteiger partial charge in [-0.15, -0.1) is 0 Å². The van der Waals surface area contributed by atoms with Crippen LogP contribution < -0.4 is 0 Å². The van der Waals surface area contributed by atoms with E-state index in [1.54, 1.807) is 24.3 Å². The second-order valence-electron chi connectivity index (χ2n) is 5.94. The molecule has 24 heavy (non-hydrogen) atoms. The van der Waals surface area contributed by atoms with Crippen molar-refractivity contribution in [1.82, 2.24) is 9.29 Å². The normalized spacial score (nSPS) is 20.6. The van der Waals surface area contributed by atoms with Gasteiger partial charge in [0.1, 0.15) is 5.52 Å². The number of ketones is 1. The molecule has 2 heterocycles. The van der Waals surface area contributed by atoms with Crippen molar-refractivity contribution in [1.29, 1.82) is 5.26 Å². The highest BCUT2D eigenvalue weighted by Gasteiger charge is 2.36. The third kappa shape index (κ3) is 3.18. The molecular formula is C16H17N3O4S. The molecule has 1 fully saturated rings. The van der Waals surface area contributed by atoms with Crippen LogP contribution in [0.1, 0.15) is 24.7 Å². The smallest absolute Gasteiger partial charge is 0.220 e. The summed E-state index contributed by atoms with van der Waals surface area (Å²) in [6.45, 7) is 0.513. The number of rotatable bonds is 4. The number of hydrogen-bond acceptors (Lipinski definition) is 6. The van der Waals surface area contributed by atoms with E-state index < -0.39 is 21.9 Å². The van der Waals surface area contributed by atoms with Gasteiger partial charge in [0, 0.05) is 19.0 Å². The summed E-state index contributed by atoms with van der Waals surface area (Å²) in [5.74, 6) is -1.91. The van der Waals surface area contributed by atoms with Crippen molar-refractivity contribution in [2.75, 3.05) is 19.3 Å². The number of nitrogens with zero attached hydrogens (tertiary/aromatic N) is 3. The summed E-state index contributed by atoms with van der Waals surface area (Å²) in [4.78, 5) is 17.0. The van der Waals surface area contributed by atoms with E-state index in [4.69, 9.17) is 4.42 Å². The Morgan fingerprint density at radius 1 is 1.46 bits per heavy atom. The summed E-state index contributed by atoms with van der Waals surface area (Å²) in [6.07, 6.45) is 2.28. The molecule has 0 unspecified atom stereocenters. The summed E-state index contributed by atoms with van der Waals surface area (Å²) in [7, 11) is -3.35. The standard InChI is InChI=1S/C16H17N3O4S/c1-24(21,22)19-8-4-5-11(10-19)15(20)12(9-17)16-18-13-6-2-3-7-14(13)23-16/h2-3,6-7,11-12H,4-5,8,10H2,1H3/t11-,12+/m0/s1. The molecule has 1 aromatic carbocycles. The first-order chi connectivity index (χ1) is 11.4. The zero-order valence-corrected chi connectivity index (χ0v) is 14.0. The summed E-state index contributed by atoms with van der Waals surface area (Å²) in [5.41, 5.74) is 1.10. The number of benzene rings is 1. The highest BCUT2D eigenvalue weighted by Crippen LogP contribution is 2.28. The third-order valence-corrected chi connectivity index (χ3v) is 5.50. The second kappa shape index (κ2) is 6.34. The molecule has 126 valence electrons. The van der Waals surface area contributed by atoms with E-state index in [1.165, 1.54) is 4.31 Å². The zero-order valence-electron chi connectivity index (χ0n) is 13.2. The number of aromatic nitrogens is 1. The van der Waals surface area contributed by atoms with Crippen LogP contribution in [0.25, 0.3) is 11.1 Å². The van der Waals surface area contributed by atoms with E-state index in [0.717, 1.165) is 6.26 Å². The fraction of sp³-hybridized carbons (Fsp3) is 0.438. The van der Waals surface area contributed by atoms with Crippen LogP contribution in [0.3, 0.4) is 0 Å². The van der Waals surface area contributed by atoms with Crippen LogP contribution in [0.5, 0.6) is 0 Å². The van der Waals surface area contributed by atoms with Crippen LogP contribution in [-0.2, 0) is 14.8 Å². The van der Waals surface area contributed by atoms with E-state index in [0.29, 0.717) is 30.5 Å². The Morgan fingerprint density at radius 2 is 2.21 bits per heavy atom. The molecule has 1 aliphatic rings. The van der Waals surface area contributed by atoms with E-state index in [9.17, 15) is 18.5 Å². The van der Waals surface area contributed by atoms with Crippen LogP contribution in [0.2, 0.25) is 0 Å². The van der Waals surface area contributed by atoms with Crippen molar-refractivity contribution in [3.8, 4) is 6.07 Å². The van der Waals surface area contributed by atoms with Crippen molar-refractivity contribution < 1.29 is 17.6 Å². The lowest BCUT2D eigenvalue weighted by Gasteiger charge is -2.30. The number of para-hydroxylation sites is 2. The van der Waals surface area contributed by atoms with Crippen LogP contribution in [0, 0.1) is 17.2 Å². The Hall–Kier alpha value is -2.24. The lowest BCUT2D eigenvalue weighted by molar-refractivity contribution is -0.124. The lowest BCUT2D eigenvalue weighted by Crippen LogP contribution is -2.42. The summed E-state index contributed by atoms with van der Waals surface area (Å²) in [6, 6.07) is 9.00. The quantitative estimate of drug-likeness (QED) is 0.833. The molecule has 0 radical (unpaired) electrons. The second-order valence-corrected chi connectivity index (χ2v) is 7.93. The van der Waals surface area contributed by atoms with Crippen molar-refractivity contribution in [2.45, 2.75) is 18.8 Å². The average molecular weight is 347 g/mol.